The first-order valence-electron chi connectivity index (χ1n) is 8.96. The molecule has 148 valence electrons. The molecule has 28 heavy (non-hydrogen) atoms. The number of benzene rings is 1. The van der Waals surface area contributed by atoms with E-state index in [0.717, 1.165) is 6.42 Å². The minimum absolute atomic E-state index is 0.0666. The quantitative estimate of drug-likeness (QED) is 0.730. The zero-order chi connectivity index (χ0) is 20.3. The second kappa shape index (κ2) is 8.20. The first kappa shape index (κ1) is 19.5. The normalized spacial score (nSPS) is 16.6. The van der Waals surface area contributed by atoms with Gasteiger partial charge in [-0.2, -0.15) is 0 Å². The molecule has 1 aliphatic rings. The second-order valence-electron chi connectivity index (χ2n) is 6.76. The first-order valence-corrected chi connectivity index (χ1v) is 8.96. The number of hydrogen-bond acceptors (Lipinski definition) is 5. The van der Waals surface area contributed by atoms with Crippen LogP contribution in [0, 0.1) is 5.82 Å². The monoisotopic (exact) mass is 388 g/mol. The van der Waals surface area contributed by atoms with Gasteiger partial charge in [-0.3, -0.25) is 14.4 Å². The van der Waals surface area contributed by atoms with Crippen LogP contribution in [0.2, 0.25) is 0 Å². The number of hydrogen-bond donors (Lipinski definition) is 3. The summed E-state index contributed by atoms with van der Waals surface area (Å²) >= 11 is 0. The predicted molar refractivity (Wildman–Crippen MR) is 98.3 cm³/mol. The van der Waals surface area contributed by atoms with Gasteiger partial charge in [0.2, 0.25) is 11.7 Å². The molecule has 2 amide bonds. The summed E-state index contributed by atoms with van der Waals surface area (Å²) in [5.41, 5.74) is -0.527. The van der Waals surface area contributed by atoms with E-state index in [9.17, 15) is 23.9 Å². The summed E-state index contributed by atoms with van der Waals surface area (Å²) in [6.45, 7) is 2.59. The fourth-order valence-corrected chi connectivity index (χ4v) is 3.19. The average Bonchev–Trinajstić information content (AvgIpc) is 2.69. The van der Waals surface area contributed by atoms with Crippen LogP contribution in [0.5, 0.6) is 5.75 Å². The van der Waals surface area contributed by atoms with Gasteiger partial charge in [-0.25, -0.2) is 9.37 Å². The number of aromatic hydroxyl groups is 1. The Kier molecular flexibility index (Phi) is 5.72. The molecular formula is C19H21FN4O4. The van der Waals surface area contributed by atoms with Crippen LogP contribution >= 0.6 is 0 Å². The van der Waals surface area contributed by atoms with Gasteiger partial charge in [-0.1, -0.05) is 12.1 Å². The molecule has 0 bridgehead atoms. The van der Waals surface area contributed by atoms with Crippen LogP contribution in [0.1, 0.15) is 47.6 Å². The summed E-state index contributed by atoms with van der Waals surface area (Å²) in [5, 5.41) is 12.5. The van der Waals surface area contributed by atoms with Gasteiger partial charge in [0.25, 0.3) is 11.5 Å². The molecule has 1 aromatic carbocycles. The summed E-state index contributed by atoms with van der Waals surface area (Å²) in [5.74, 6) is -1.90. The lowest BCUT2D eigenvalue weighted by atomic mass is 9.97. The van der Waals surface area contributed by atoms with Gasteiger partial charge in [-0.05, 0) is 30.5 Å². The van der Waals surface area contributed by atoms with E-state index in [1.54, 1.807) is 4.90 Å². The fourth-order valence-electron chi connectivity index (χ4n) is 3.19. The van der Waals surface area contributed by atoms with E-state index in [0.29, 0.717) is 25.1 Å². The molecule has 9 heteroatoms. The minimum atomic E-state index is -0.808. The maximum atomic E-state index is 13.0. The summed E-state index contributed by atoms with van der Waals surface area (Å²) < 4.78 is 13.0. The molecule has 1 fully saturated rings. The minimum Gasteiger partial charge on any atom is -0.501 e. The van der Waals surface area contributed by atoms with Gasteiger partial charge in [0, 0.05) is 32.5 Å². The van der Waals surface area contributed by atoms with Crippen molar-refractivity contribution in [3.8, 4) is 5.75 Å². The Bertz CT molecular complexity index is 942. The zero-order valence-electron chi connectivity index (χ0n) is 15.4. The highest BCUT2D eigenvalue weighted by Crippen LogP contribution is 2.25. The molecule has 0 spiro atoms. The van der Waals surface area contributed by atoms with Gasteiger partial charge < -0.3 is 20.3 Å². The largest absolute Gasteiger partial charge is 0.501 e. The van der Waals surface area contributed by atoms with E-state index in [4.69, 9.17) is 0 Å². The van der Waals surface area contributed by atoms with Crippen LogP contribution in [0.15, 0.2) is 29.1 Å². The van der Waals surface area contributed by atoms with Gasteiger partial charge in [0.1, 0.15) is 11.6 Å². The number of carbonyl (C=O) groups excluding carboxylic acids is 2. The van der Waals surface area contributed by atoms with Crippen LogP contribution in [-0.2, 0) is 11.3 Å². The third kappa shape index (κ3) is 4.36. The van der Waals surface area contributed by atoms with Crippen LogP contribution in [0.4, 0.5) is 4.39 Å². The molecule has 8 nitrogen and oxygen atoms in total. The standard InChI is InChI=1S/C19H21FN4O4/c1-11(25)24-8-2-3-13(10-24)17-22-15(16(26)19(28)23-17)18(27)21-9-12-4-6-14(20)7-5-12/h4-7,13,26H,2-3,8-10H2,1H3,(H,21,27)(H,22,23,28). The van der Waals surface area contributed by atoms with Crippen LogP contribution in [-0.4, -0.2) is 44.9 Å². The van der Waals surface area contributed by atoms with Crippen LogP contribution in [0.3, 0.4) is 0 Å². The number of piperidine rings is 1. The Morgan fingerprint density at radius 2 is 2.07 bits per heavy atom. The van der Waals surface area contributed by atoms with E-state index in [2.05, 4.69) is 15.3 Å². The number of rotatable bonds is 4. The van der Waals surface area contributed by atoms with Crippen molar-refractivity contribution < 1.29 is 19.1 Å². The number of nitrogens with zero attached hydrogens (tertiary/aromatic N) is 2. The Labute approximate surface area is 160 Å². The molecule has 2 heterocycles. The summed E-state index contributed by atoms with van der Waals surface area (Å²) in [7, 11) is 0. The highest BCUT2D eigenvalue weighted by molar-refractivity contribution is 5.94. The maximum absolute atomic E-state index is 13.0. The van der Waals surface area contributed by atoms with Crippen molar-refractivity contribution in [1.82, 2.24) is 20.2 Å². The van der Waals surface area contributed by atoms with E-state index < -0.39 is 17.2 Å². The molecule has 1 saturated heterocycles. The molecule has 3 N–H and O–H groups in total. The van der Waals surface area contributed by atoms with Gasteiger partial charge >= 0.3 is 0 Å². The predicted octanol–water partition coefficient (Wildman–Crippen LogP) is 1.27. The highest BCUT2D eigenvalue weighted by atomic mass is 19.1. The van der Waals surface area contributed by atoms with Gasteiger partial charge in [-0.15, -0.1) is 0 Å². The number of amides is 2. The molecule has 0 aliphatic carbocycles. The maximum Gasteiger partial charge on any atom is 0.293 e. The Morgan fingerprint density at radius 1 is 1.36 bits per heavy atom. The number of halogens is 1. The number of H-pyrrole nitrogens is 1. The van der Waals surface area contributed by atoms with Gasteiger partial charge in [0.05, 0.1) is 0 Å². The Morgan fingerprint density at radius 3 is 2.75 bits per heavy atom. The summed E-state index contributed by atoms with van der Waals surface area (Å²) in [6.07, 6.45) is 1.45. The number of likely N-dealkylation sites (tertiary alicyclic amines) is 1. The Balaban J connectivity index is 1.79. The molecule has 0 saturated carbocycles. The SMILES string of the molecule is CC(=O)N1CCCC(c2nc(C(=O)NCc3ccc(F)cc3)c(O)c(=O)[nH]2)C1. The molecule has 1 aromatic heterocycles. The number of nitrogens with one attached hydrogen (secondary N) is 2. The topological polar surface area (TPSA) is 115 Å². The van der Waals surface area contributed by atoms with Crippen molar-refractivity contribution in [3.63, 3.8) is 0 Å². The summed E-state index contributed by atoms with van der Waals surface area (Å²) in [6, 6.07) is 5.58. The molecule has 1 atom stereocenters. The van der Waals surface area contributed by atoms with E-state index in [1.807, 2.05) is 0 Å². The van der Waals surface area contributed by atoms with Crippen molar-refractivity contribution in [1.29, 1.82) is 0 Å². The van der Waals surface area contributed by atoms with Gasteiger partial charge in [0.15, 0.2) is 5.69 Å². The van der Waals surface area contributed by atoms with E-state index >= 15 is 0 Å². The molecular weight excluding hydrogens is 367 g/mol. The number of aromatic nitrogens is 2. The lowest BCUT2D eigenvalue weighted by molar-refractivity contribution is -0.130. The van der Waals surface area contributed by atoms with Crippen molar-refractivity contribution >= 4 is 11.8 Å². The zero-order valence-corrected chi connectivity index (χ0v) is 15.4. The average molecular weight is 388 g/mol. The molecule has 1 unspecified atom stereocenters. The van der Waals surface area contributed by atoms with Crippen LogP contribution < -0.4 is 10.9 Å². The number of aromatic amines is 1. The van der Waals surface area contributed by atoms with Crippen molar-refractivity contribution in [3.05, 3.63) is 57.5 Å². The molecule has 0 radical (unpaired) electrons. The highest BCUT2D eigenvalue weighted by Gasteiger charge is 2.27. The lowest BCUT2D eigenvalue weighted by Crippen LogP contribution is -2.39. The van der Waals surface area contributed by atoms with Crippen LogP contribution in [0.25, 0.3) is 0 Å². The summed E-state index contributed by atoms with van der Waals surface area (Å²) in [4.78, 5) is 44.5. The third-order valence-electron chi connectivity index (χ3n) is 4.75. The third-order valence-corrected chi connectivity index (χ3v) is 4.75. The van der Waals surface area contributed by atoms with Crippen molar-refractivity contribution in [2.75, 3.05) is 13.1 Å². The smallest absolute Gasteiger partial charge is 0.293 e. The van der Waals surface area contributed by atoms with E-state index in [-0.39, 0.29) is 35.7 Å². The molecule has 1 aliphatic heterocycles. The molecule has 3 rings (SSSR count). The number of carbonyl (C=O) groups is 2. The second-order valence-corrected chi connectivity index (χ2v) is 6.76. The van der Waals surface area contributed by atoms with Crippen molar-refractivity contribution in [2.24, 2.45) is 0 Å². The first-order chi connectivity index (χ1) is 13.3. The fraction of sp³-hybridized carbons (Fsp3) is 0.368. The van der Waals surface area contributed by atoms with Crippen molar-refractivity contribution in [2.45, 2.75) is 32.2 Å². The Hall–Kier alpha value is -3.23. The lowest BCUT2D eigenvalue weighted by Gasteiger charge is -2.31. The van der Waals surface area contributed by atoms with E-state index in [1.165, 1.54) is 31.2 Å². The molecule has 2 aromatic rings.